The Morgan fingerprint density at radius 1 is 0.969 bits per heavy atom. The lowest BCUT2D eigenvalue weighted by atomic mass is 10.0. The summed E-state index contributed by atoms with van der Waals surface area (Å²) in [5.74, 6) is -3.77. The Balaban J connectivity index is 2.67. The van der Waals surface area contributed by atoms with Gasteiger partial charge in [0, 0.05) is 0 Å². The number of ether oxygens (including phenoxy) is 1. The van der Waals surface area contributed by atoms with Gasteiger partial charge in [-0.05, 0) is 18.4 Å². The van der Waals surface area contributed by atoms with Crippen molar-refractivity contribution in [3.8, 4) is 0 Å². The van der Waals surface area contributed by atoms with E-state index in [2.05, 4.69) is 28.6 Å². The van der Waals surface area contributed by atoms with Gasteiger partial charge in [0.15, 0.2) is 5.78 Å². The van der Waals surface area contributed by atoms with E-state index in [0.29, 0.717) is 0 Å². The molecule has 11 heteroatoms. The first-order valence-corrected chi connectivity index (χ1v) is 10.6. The van der Waals surface area contributed by atoms with Crippen LogP contribution >= 0.6 is 12.6 Å². The molecule has 3 amide bonds. The summed E-state index contributed by atoms with van der Waals surface area (Å²) in [7, 11) is 0. The molecule has 0 radical (unpaired) electrons. The van der Waals surface area contributed by atoms with E-state index >= 15 is 0 Å². The molecule has 0 fully saturated rings. The standard InChI is InChI=1S/C21H29N3O7S/c1-12(2)18(24-21(30)31-10-14-7-5-4-6-8-14)20(29)22-13(3)19(28)23-15(9-17(26)27)16(25)11-32/h4-8,12-13,15,18,32H,9-11H2,1-3H3,(H,22,29)(H,23,28)(H,24,30)(H,26,27)/t13-,15-,18-/m0/s1. The van der Waals surface area contributed by atoms with Crippen LogP contribution in [0.25, 0.3) is 0 Å². The van der Waals surface area contributed by atoms with Gasteiger partial charge in [-0.3, -0.25) is 19.2 Å². The fraction of sp³-hybridized carbons (Fsp3) is 0.476. The number of nitrogens with one attached hydrogen (secondary N) is 3. The predicted octanol–water partition coefficient (Wildman–Crippen LogP) is 0.900. The van der Waals surface area contributed by atoms with Crippen LogP contribution in [0.5, 0.6) is 0 Å². The maximum atomic E-state index is 12.6. The van der Waals surface area contributed by atoms with E-state index in [1.807, 2.05) is 6.07 Å². The Morgan fingerprint density at radius 3 is 2.12 bits per heavy atom. The van der Waals surface area contributed by atoms with Crippen molar-refractivity contribution in [3.05, 3.63) is 35.9 Å². The molecule has 0 aromatic heterocycles. The zero-order chi connectivity index (χ0) is 24.3. The van der Waals surface area contributed by atoms with Gasteiger partial charge in [-0.15, -0.1) is 0 Å². The van der Waals surface area contributed by atoms with E-state index in [0.717, 1.165) is 5.56 Å². The molecule has 32 heavy (non-hydrogen) atoms. The highest BCUT2D eigenvalue weighted by molar-refractivity contribution is 7.81. The number of Topliss-reactive ketones (excluding diaryl/α,β-unsaturated/α-hetero) is 1. The first kappa shape index (κ1) is 27.0. The molecule has 10 nitrogen and oxygen atoms in total. The van der Waals surface area contributed by atoms with Gasteiger partial charge in [0.05, 0.1) is 18.2 Å². The van der Waals surface area contributed by atoms with Crippen molar-refractivity contribution in [1.29, 1.82) is 0 Å². The molecule has 0 aliphatic rings. The number of amides is 3. The average Bonchev–Trinajstić information content (AvgIpc) is 2.74. The van der Waals surface area contributed by atoms with Gasteiger partial charge in [-0.1, -0.05) is 44.2 Å². The number of thiol groups is 1. The lowest BCUT2D eigenvalue weighted by molar-refractivity contribution is -0.140. The second-order valence-corrected chi connectivity index (χ2v) is 7.76. The second kappa shape index (κ2) is 13.4. The van der Waals surface area contributed by atoms with Crippen LogP contribution in [0.4, 0.5) is 4.79 Å². The van der Waals surface area contributed by atoms with Gasteiger partial charge in [-0.2, -0.15) is 12.6 Å². The quantitative estimate of drug-likeness (QED) is 0.287. The van der Waals surface area contributed by atoms with Gasteiger partial charge in [0.2, 0.25) is 11.8 Å². The molecule has 0 heterocycles. The lowest BCUT2D eigenvalue weighted by Crippen LogP contribution is -2.56. The maximum Gasteiger partial charge on any atom is 0.408 e. The molecule has 0 saturated carbocycles. The number of rotatable bonds is 12. The molecule has 4 N–H and O–H groups in total. The van der Waals surface area contributed by atoms with Crippen LogP contribution in [-0.2, 0) is 30.5 Å². The SMILES string of the molecule is CC(C)[C@H](NC(=O)OCc1ccccc1)C(=O)N[C@@H](C)C(=O)N[C@@H](CC(=O)O)C(=O)CS. The summed E-state index contributed by atoms with van der Waals surface area (Å²) in [6, 6.07) is 5.68. The van der Waals surface area contributed by atoms with E-state index in [9.17, 15) is 24.0 Å². The molecule has 0 saturated heterocycles. The molecule has 1 rings (SSSR count). The summed E-state index contributed by atoms with van der Waals surface area (Å²) in [5.41, 5.74) is 0.783. The molecule has 0 bridgehead atoms. The zero-order valence-electron chi connectivity index (χ0n) is 18.2. The molecular formula is C21H29N3O7S. The fourth-order valence-corrected chi connectivity index (χ4v) is 2.84. The topological polar surface area (TPSA) is 151 Å². The number of carbonyl (C=O) groups excluding carboxylic acids is 4. The number of ketones is 1. The summed E-state index contributed by atoms with van der Waals surface area (Å²) in [4.78, 5) is 59.8. The van der Waals surface area contributed by atoms with E-state index in [1.54, 1.807) is 38.1 Å². The number of carboxylic acid groups (broad SMARTS) is 1. The van der Waals surface area contributed by atoms with Crippen molar-refractivity contribution in [2.24, 2.45) is 5.92 Å². The molecule has 0 unspecified atom stereocenters. The molecule has 3 atom stereocenters. The first-order valence-electron chi connectivity index (χ1n) is 9.98. The highest BCUT2D eigenvalue weighted by Gasteiger charge is 2.29. The van der Waals surface area contributed by atoms with Crippen molar-refractivity contribution in [3.63, 3.8) is 0 Å². The molecular weight excluding hydrogens is 438 g/mol. The zero-order valence-corrected chi connectivity index (χ0v) is 19.1. The molecule has 0 aliphatic heterocycles. The highest BCUT2D eigenvalue weighted by atomic mass is 32.1. The van der Waals surface area contributed by atoms with Crippen LogP contribution in [0.1, 0.15) is 32.8 Å². The Kier molecular flexibility index (Phi) is 11.3. The minimum absolute atomic E-state index is 0.0298. The van der Waals surface area contributed by atoms with Gasteiger partial charge in [-0.25, -0.2) is 4.79 Å². The average molecular weight is 468 g/mol. The Labute approximate surface area is 191 Å². The van der Waals surface area contributed by atoms with E-state index < -0.39 is 54.2 Å². The number of carboxylic acids is 1. The summed E-state index contributed by atoms with van der Waals surface area (Å²) in [5, 5.41) is 16.2. The number of benzene rings is 1. The number of hydrogen-bond donors (Lipinski definition) is 5. The minimum atomic E-state index is -1.26. The van der Waals surface area contributed by atoms with Crippen LogP contribution in [0, 0.1) is 5.92 Å². The van der Waals surface area contributed by atoms with Crippen LogP contribution < -0.4 is 16.0 Å². The predicted molar refractivity (Wildman–Crippen MR) is 119 cm³/mol. The van der Waals surface area contributed by atoms with Gasteiger partial charge < -0.3 is 25.8 Å². The third-order valence-electron chi connectivity index (χ3n) is 4.43. The van der Waals surface area contributed by atoms with Crippen molar-refractivity contribution < 1.29 is 33.8 Å². The third-order valence-corrected chi connectivity index (χ3v) is 4.74. The molecule has 0 spiro atoms. The Hall–Kier alpha value is -3.08. The normalized spacial score (nSPS) is 13.4. The Morgan fingerprint density at radius 2 is 1.59 bits per heavy atom. The number of aliphatic carboxylic acids is 1. The largest absolute Gasteiger partial charge is 0.481 e. The van der Waals surface area contributed by atoms with Crippen LogP contribution in [-0.4, -0.2) is 58.6 Å². The number of alkyl carbamates (subject to hydrolysis) is 1. The molecule has 1 aromatic rings. The monoisotopic (exact) mass is 467 g/mol. The lowest BCUT2D eigenvalue weighted by Gasteiger charge is -2.24. The summed E-state index contributed by atoms with van der Waals surface area (Å²) < 4.78 is 5.13. The van der Waals surface area contributed by atoms with Crippen molar-refractivity contribution in [1.82, 2.24) is 16.0 Å². The highest BCUT2D eigenvalue weighted by Crippen LogP contribution is 2.06. The first-order chi connectivity index (χ1) is 15.0. The third kappa shape index (κ3) is 9.38. The number of hydrogen-bond acceptors (Lipinski definition) is 7. The second-order valence-electron chi connectivity index (χ2n) is 7.44. The van der Waals surface area contributed by atoms with Crippen molar-refractivity contribution >= 4 is 42.3 Å². The van der Waals surface area contributed by atoms with Crippen molar-refractivity contribution in [2.45, 2.75) is 51.9 Å². The summed E-state index contributed by atoms with van der Waals surface area (Å²) >= 11 is 3.81. The fourth-order valence-electron chi connectivity index (χ4n) is 2.62. The molecule has 1 aromatic carbocycles. The van der Waals surface area contributed by atoms with E-state index in [4.69, 9.17) is 9.84 Å². The molecule has 176 valence electrons. The van der Waals surface area contributed by atoms with Crippen molar-refractivity contribution in [2.75, 3.05) is 5.75 Å². The number of carbonyl (C=O) groups is 5. The van der Waals surface area contributed by atoms with E-state index in [-0.39, 0.29) is 18.3 Å². The summed E-state index contributed by atoms with van der Waals surface area (Å²) in [6.07, 6.45) is -1.39. The summed E-state index contributed by atoms with van der Waals surface area (Å²) in [6.45, 7) is 4.82. The Bertz CT molecular complexity index is 817. The molecule has 0 aliphatic carbocycles. The minimum Gasteiger partial charge on any atom is -0.481 e. The van der Waals surface area contributed by atoms with Gasteiger partial charge in [0.1, 0.15) is 18.7 Å². The smallest absolute Gasteiger partial charge is 0.408 e. The maximum absolute atomic E-state index is 12.6. The van der Waals surface area contributed by atoms with Crippen LogP contribution in [0.2, 0.25) is 0 Å². The van der Waals surface area contributed by atoms with Crippen LogP contribution in [0.3, 0.4) is 0 Å². The van der Waals surface area contributed by atoms with E-state index in [1.165, 1.54) is 6.92 Å². The van der Waals surface area contributed by atoms with Gasteiger partial charge >= 0.3 is 12.1 Å². The van der Waals surface area contributed by atoms with Crippen LogP contribution in [0.15, 0.2) is 30.3 Å². The van der Waals surface area contributed by atoms with Gasteiger partial charge in [0.25, 0.3) is 0 Å².